The van der Waals surface area contributed by atoms with E-state index in [1.807, 2.05) is 0 Å². The van der Waals surface area contributed by atoms with E-state index in [1.165, 1.54) is 55.5 Å². The fourth-order valence-corrected chi connectivity index (χ4v) is 6.99. The van der Waals surface area contributed by atoms with Crippen molar-refractivity contribution < 1.29 is 0 Å². The Hall–Kier alpha value is -3.26. The molecule has 0 saturated carbocycles. The van der Waals surface area contributed by atoms with Crippen LogP contribution in [0.1, 0.15) is 125 Å². The molecule has 2 atom stereocenters. The van der Waals surface area contributed by atoms with Crippen molar-refractivity contribution in [1.29, 1.82) is 0 Å². The first-order valence-corrected chi connectivity index (χ1v) is 14.8. The van der Waals surface area contributed by atoms with Gasteiger partial charge in [0.05, 0.1) is 12.1 Å². The maximum atomic E-state index is 4.06. The Morgan fingerprint density at radius 3 is 1.15 bits per heavy atom. The smallest absolute Gasteiger partial charge is 0.210 e. The van der Waals surface area contributed by atoms with Crippen molar-refractivity contribution in [2.75, 3.05) is 9.80 Å². The minimum atomic E-state index is 0.170. The van der Waals surface area contributed by atoms with Crippen LogP contribution in [0.25, 0.3) is 10.8 Å². The topological polar surface area (TPSA) is 6.48 Å². The highest BCUT2D eigenvalue weighted by Gasteiger charge is 2.50. The summed E-state index contributed by atoms with van der Waals surface area (Å²) in [5.41, 5.74) is 11.1. The minimum absolute atomic E-state index is 0.170. The predicted octanol–water partition coefficient (Wildman–Crippen LogP) is 10.5. The quantitative estimate of drug-likeness (QED) is 0.252. The van der Waals surface area contributed by atoms with Crippen molar-refractivity contribution in [2.24, 2.45) is 0 Å². The Morgan fingerprint density at radius 1 is 0.487 bits per heavy atom. The lowest BCUT2D eigenvalue weighted by atomic mass is 9.90. The summed E-state index contributed by atoms with van der Waals surface area (Å²) in [6.45, 7) is 22.6. The van der Waals surface area contributed by atoms with Crippen molar-refractivity contribution in [2.45, 2.75) is 91.1 Å². The molecule has 1 aliphatic heterocycles. The second kappa shape index (κ2) is 9.73. The summed E-state index contributed by atoms with van der Waals surface area (Å²) in [6.07, 6.45) is 0. The zero-order valence-electron chi connectivity index (χ0n) is 24.8. The van der Waals surface area contributed by atoms with Crippen LogP contribution in [0.5, 0.6) is 0 Å². The van der Waals surface area contributed by atoms with Crippen LogP contribution in [0.15, 0.2) is 72.8 Å². The van der Waals surface area contributed by atoms with Crippen LogP contribution < -0.4 is 9.80 Å². The van der Waals surface area contributed by atoms with Gasteiger partial charge in [-0.2, -0.15) is 0 Å². The number of hydrogen-bond donors (Lipinski definition) is 0. The summed E-state index contributed by atoms with van der Waals surface area (Å²) in [6, 6.07) is 27.9. The molecule has 2 unspecified atom stereocenters. The Labute approximate surface area is 235 Å². The first kappa shape index (κ1) is 26.0. The molecule has 4 aromatic rings. The standard InChI is InChI=1S/C37H42N2/c1-22(2)27-15-11-16-28(23(3)4)34(27)38-21-39(35-29(24(5)6)17-12-18-30(35)25(7)8)37-32-20-10-14-26-13-9-19-31(33(26)32)36(37)38/h9-20,22-25,36-37H,1-8H3. The van der Waals surface area contributed by atoms with E-state index in [1.54, 1.807) is 0 Å². The third kappa shape index (κ3) is 3.98. The molecule has 1 saturated heterocycles. The number of anilines is 2. The van der Waals surface area contributed by atoms with Gasteiger partial charge in [-0.15, -0.1) is 0 Å². The number of para-hydroxylation sites is 2. The number of hydrogen-bond acceptors (Lipinski definition) is 2. The molecule has 1 aliphatic carbocycles. The second-order valence-corrected chi connectivity index (χ2v) is 12.7. The predicted molar refractivity (Wildman–Crippen MR) is 167 cm³/mol. The molecule has 0 N–H and O–H groups in total. The summed E-state index contributed by atoms with van der Waals surface area (Å²) in [5.74, 6) is 1.67. The largest absolute Gasteiger partial charge is 0.331 e. The lowest BCUT2D eigenvalue weighted by molar-refractivity contribution is 0.637. The van der Waals surface area contributed by atoms with Crippen LogP contribution in [0.2, 0.25) is 0 Å². The first-order chi connectivity index (χ1) is 18.7. The van der Waals surface area contributed by atoms with Gasteiger partial charge in [-0.25, -0.2) is 0 Å². The van der Waals surface area contributed by atoms with Crippen molar-refractivity contribution in [1.82, 2.24) is 0 Å². The van der Waals surface area contributed by atoms with Crippen LogP contribution in [0.3, 0.4) is 0 Å². The molecule has 2 radical (unpaired) electrons. The highest BCUT2D eigenvalue weighted by atomic mass is 15.4. The molecule has 1 fully saturated rings. The van der Waals surface area contributed by atoms with E-state index < -0.39 is 0 Å². The minimum Gasteiger partial charge on any atom is -0.331 e. The maximum Gasteiger partial charge on any atom is 0.210 e. The highest BCUT2D eigenvalue weighted by Crippen LogP contribution is 2.59. The van der Waals surface area contributed by atoms with Crippen LogP contribution in [-0.4, -0.2) is 0 Å². The molecular weight excluding hydrogens is 472 g/mol. The van der Waals surface area contributed by atoms with Gasteiger partial charge in [0, 0.05) is 11.4 Å². The molecule has 6 rings (SSSR count). The van der Waals surface area contributed by atoms with E-state index in [2.05, 4.69) is 145 Å². The van der Waals surface area contributed by atoms with E-state index >= 15 is 0 Å². The Balaban J connectivity index is 1.66. The molecule has 2 nitrogen and oxygen atoms in total. The molecule has 200 valence electrons. The van der Waals surface area contributed by atoms with Crippen LogP contribution in [0.4, 0.5) is 11.4 Å². The average Bonchev–Trinajstić information content (AvgIpc) is 3.45. The molecule has 2 aliphatic rings. The van der Waals surface area contributed by atoms with Gasteiger partial charge in [-0.1, -0.05) is 128 Å². The van der Waals surface area contributed by atoms with Gasteiger partial charge < -0.3 is 9.80 Å². The van der Waals surface area contributed by atoms with Gasteiger partial charge in [-0.3, -0.25) is 0 Å². The molecule has 4 aromatic carbocycles. The molecule has 0 spiro atoms. The lowest BCUT2D eigenvalue weighted by Gasteiger charge is -2.32. The average molecular weight is 515 g/mol. The van der Waals surface area contributed by atoms with E-state index in [4.69, 9.17) is 0 Å². The Morgan fingerprint density at radius 2 is 0.821 bits per heavy atom. The van der Waals surface area contributed by atoms with Crippen molar-refractivity contribution in [3.05, 3.63) is 113 Å². The third-order valence-corrected chi connectivity index (χ3v) is 8.84. The van der Waals surface area contributed by atoms with Gasteiger partial charge in [0.2, 0.25) is 6.67 Å². The summed E-state index contributed by atoms with van der Waals surface area (Å²) in [4.78, 5) is 5.07. The van der Waals surface area contributed by atoms with E-state index in [-0.39, 0.29) is 12.1 Å². The first-order valence-electron chi connectivity index (χ1n) is 14.8. The third-order valence-electron chi connectivity index (χ3n) is 8.84. The summed E-state index contributed by atoms with van der Waals surface area (Å²) < 4.78 is 0. The Kier molecular flexibility index (Phi) is 6.49. The number of nitrogens with zero attached hydrogens (tertiary/aromatic N) is 2. The van der Waals surface area contributed by atoms with E-state index in [0.29, 0.717) is 23.7 Å². The van der Waals surface area contributed by atoms with Gasteiger partial charge in [-0.05, 0) is 67.8 Å². The van der Waals surface area contributed by atoms with Gasteiger partial charge in [0.1, 0.15) is 0 Å². The maximum absolute atomic E-state index is 4.06. The Bertz CT molecular complexity index is 1360. The number of rotatable bonds is 6. The zero-order chi connectivity index (χ0) is 27.6. The fraction of sp³-hybridized carbons (Fsp3) is 0.378. The lowest BCUT2D eigenvalue weighted by Crippen LogP contribution is -2.25. The van der Waals surface area contributed by atoms with Crippen molar-refractivity contribution >= 4 is 22.1 Å². The number of fused-ring (bicyclic) bond motifs is 3. The molecular formula is C37H42N2. The van der Waals surface area contributed by atoms with Crippen molar-refractivity contribution in [3.8, 4) is 0 Å². The molecule has 0 amide bonds. The van der Waals surface area contributed by atoms with Crippen molar-refractivity contribution in [3.63, 3.8) is 0 Å². The van der Waals surface area contributed by atoms with Crippen LogP contribution in [-0.2, 0) is 0 Å². The summed E-state index contributed by atoms with van der Waals surface area (Å²) >= 11 is 0. The monoisotopic (exact) mass is 514 g/mol. The molecule has 1 heterocycles. The van der Waals surface area contributed by atoms with Gasteiger partial charge in [0.15, 0.2) is 0 Å². The zero-order valence-corrected chi connectivity index (χ0v) is 24.8. The van der Waals surface area contributed by atoms with Gasteiger partial charge >= 0.3 is 0 Å². The molecule has 2 heteroatoms. The highest BCUT2D eigenvalue weighted by molar-refractivity contribution is 5.95. The van der Waals surface area contributed by atoms with E-state index in [0.717, 1.165) is 0 Å². The van der Waals surface area contributed by atoms with Crippen LogP contribution in [0, 0.1) is 6.67 Å². The summed E-state index contributed by atoms with van der Waals surface area (Å²) in [7, 11) is 0. The van der Waals surface area contributed by atoms with Crippen LogP contribution >= 0.6 is 0 Å². The fourth-order valence-electron chi connectivity index (χ4n) is 6.99. The second-order valence-electron chi connectivity index (χ2n) is 12.7. The SMILES string of the molecule is CC(C)c1cccc(C(C)C)c1N1[C]N(c2c(C(C)C)cccc2C(C)C)C2c3cccc4cccc(c34)C21. The normalized spacial score (nSPS) is 18.5. The van der Waals surface area contributed by atoms with E-state index in [9.17, 15) is 0 Å². The number of benzene rings is 4. The van der Waals surface area contributed by atoms with Gasteiger partial charge in [0.25, 0.3) is 0 Å². The molecule has 0 aromatic heterocycles. The summed E-state index contributed by atoms with van der Waals surface area (Å²) in [5, 5.41) is 2.76. The molecule has 39 heavy (non-hydrogen) atoms. The molecule has 0 bridgehead atoms.